The van der Waals surface area contributed by atoms with Gasteiger partial charge in [-0.25, -0.2) is 9.78 Å². The van der Waals surface area contributed by atoms with Crippen LogP contribution >= 0.6 is 36.2 Å². The number of hydrogen-bond acceptors (Lipinski definition) is 6. The van der Waals surface area contributed by atoms with E-state index in [1.807, 2.05) is 6.92 Å². The Hall–Kier alpha value is -0.890. The van der Waals surface area contributed by atoms with Gasteiger partial charge in [0.15, 0.2) is 5.69 Å². The number of nitrogens with one attached hydrogen (secondary N) is 1. The van der Waals surface area contributed by atoms with Crippen LogP contribution in [0.25, 0.3) is 0 Å². The molecule has 1 aromatic heterocycles. The van der Waals surface area contributed by atoms with Crippen LogP contribution in [0.1, 0.15) is 42.2 Å². The summed E-state index contributed by atoms with van der Waals surface area (Å²) in [6.45, 7) is 4.24. The van der Waals surface area contributed by atoms with Gasteiger partial charge in [-0.05, 0) is 20.3 Å². The van der Waals surface area contributed by atoms with Crippen molar-refractivity contribution in [2.45, 2.75) is 39.3 Å². The first-order valence-electron chi connectivity index (χ1n) is 6.16. The van der Waals surface area contributed by atoms with Crippen molar-refractivity contribution in [3.05, 3.63) is 16.1 Å². The lowest BCUT2D eigenvalue weighted by Gasteiger charge is -2.05. The molecule has 1 unspecified atom stereocenters. The minimum atomic E-state index is -0.437. The molecule has 1 heterocycles. The van der Waals surface area contributed by atoms with Gasteiger partial charge in [-0.3, -0.25) is 4.79 Å². The molecule has 0 radical (unpaired) electrons. The molecular weight excluding hydrogens is 337 g/mol. The van der Waals surface area contributed by atoms with Crippen LogP contribution < -0.4 is 11.1 Å². The Morgan fingerprint density at radius 1 is 1.48 bits per heavy atom. The molecule has 9 heteroatoms. The van der Waals surface area contributed by atoms with Gasteiger partial charge in [-0.1, -0.05) is 0 Å². The third-order valence-corrected chi connectivity index (χ3v) is 3.15. The summed E-state index contributed by atoms with van der Waals surface area (Å²) in [5.41, 5.74) is 5.86. The van der Waals surface area contributed by atoms with Crippen molar-refractivity contribution in [2.75, 3.05) is 6.61 Å². The molecule has 0 fully saturated rings. The van der Waals surface area contributed by atoms with Crippen LogP contribution in [0.5, 0.6) is 0 Å². The molecule has 1 rings (SSSR count). The van der Waals surface area contributed by atoms with Gasteiger partial charge in [0.25, 0.3) is 0 Å². The molecule has 0 aliphatic heterocycles. The number of carbonyl (C=O) groups is 2. The Labute approximate surface area is 140 Å². The van der Waals surface area contributed by atoms with E-state index in [0.717, 1.165) is 0 Å². The Balaban J connectivity index is 0. The fraction of sp³-hybridized carbons (Fsp3) is 0.583. The zero-order valence-electron chi connectivity index (χ0n) is 12.0. The first kappa shape index (κ1) is 22.4. The van der Waals surface area contributed by atoms with Crippen LogP contribution in [0.4, 0.5) is 0 Å². The van der Waals surface area contributed by atoms with E-state index in [1.54, 1.807) is 12.3 Å². The smallest absolute Gasteiger partial charge is 0.357 e. The zero-order chi connectivity index (χ0) is 14.3. The van der Waals surface area contributed by atoms with Gasteiger partial charge in [-0.2, -0.15) is 0 Å². The van der Waals surface area contributed by atoms with Crippen LogP contribution in [-0.2, 0) is 16.1 Å². The van der Waals surface area contributed by atoms with Crippen molar-refractivity contribution in [3.63, 3.8) is 0 Å². The number of aromatic nitrogens is 1. The predicted octanol–water partition coefficient (Wildman–Crippen LogP) is 1.91. The van der Waals surface area contributed by atoms with Gasteiger partial charge in [0, 0.05) is 17.8 Å². The predicted molar refractivity (Wildman–Crippen MR) is 87.3 cm³/mol. The zero-order valence-corrected chi connectivity index (χ0v) is 14.4. The molecule has 0 aromatic carbocycles. The van der Waals surface area contributed by atoms with E-state index in [4.69, 9.17) is 10.5 Å². The van der Waals surface area contributed by atoms with Crippen molar-refractivity contribution < 1.29 is 14.3 Å². The van der Waals surface area contributed by atoms with Crippen LogP contribution in [0.15, 0.2) is 5.38 Å². The van der Waals surface area contributed by atoms with E-state index < -0.39 is 5.97 Å². The summed E-state index contributed by atoms with van der Waals surface area (Å²) in [5.74, 6) is -0.501. The van der Waals surface area contributed by atoms with E-state index in [2.05, 4.69) is 10.3 Å². The van der Waals surface area contributed by atoms with Crippen molar-refractivity contribution in [1.29, 1.82) is 0 Å². The highest BCUT2D eigenvalue weighted by molar-refractivity contribution is 7.09. The van der Waals surface area contributed by atoms with E-state index in [0.29, 0.717) is 31.0 Å². The van der Waals surface area contributed by atoms with Gasteiger partial charge in [0.05, 0.1) is 13.2 Å². The van der Waals surface area contributed by atoms with Gasteiger partial charge >= 0.3 is 5.97 Å². The molecule has 0 aliphatic rings. The van der Waals surface area contributed by atoms with E-state index in [-0.39, 0.29) is 42.5 Å². The Bertz CT molecular complexity index is 441. The number of esters is 1. The van der Waals surface area contributed by atoms with Crippen molar-refractivity contribution in [1.82, 2.24) is 10.3 Å². The summed E-state index contributed by atoms with van der Waals surface area (Å²) in [6.07, 6.45) is 1.05. The minimum Gasteiger partial charge on any atom is -0.461 e. The van der Waals surface area contributed by atoms with E-state index in [1.165, 1.54) is 11.3 Å². The topological polar surface area (TPSA) is 94.3 Å². The Kier molecular flexibility index (Phi) is 12.5. The maximum Gasteiger partial charge on any atom is 0.357 e. The number of nitrogens with zero attached hydrogens (tertiary/aromatic N) is 1. The molecule has 1 aromatic rings. The second kappa shape index (κ2) is 11.7. The number of ether oxygens (including phenoxy) is 1. The number of rotatable bonds is 7. The first-order chi connectivity index (χ1) is 9.02. The lowest BCUT2D eigenvalue weighted by atomic mass is 10.2. The third kappa shape index (κ3) is 8.87. The van der Waals surface area contributed by atoms with Crippen molar-refractivity contribution in [3.8, 4) is 0 Å². The molecule has 0 spiro atoms. The number of thiazole rings is 1. The van der Waals surface area contributed by atoms with E-state index in [9.17, 15) is 9.59 Å². The Morgan fingerprint density at radius 2 is 2.14 bits per heavy atom. The standard InChI is InChI=1S/C12H19N3O3S.2ClH/c1-3-18-12(17)9-7-19-11(15-9)6-14-10(16)5-4-8(2)13;;/h7-8H,3-6,13H2,1-2H3,(H,14,16);2*1H. The maximum absolute atomic E-state index is 11.5. The maximum atomic E-state index is 11.5. The molecule has 0 bridgehead atoms. The average molecular weight is 358 g/mol. The summed E-state index contributed by atoms with van der Waals surface area (Å²) >= 11 is 1.32. The molecule has 0 saturated carbocycles. The van der Waals surface area contributed by atoms with Gasteiger partial charge in [0.1, 0.15) is 5.01 Å². The molecule has 21 heavy (non-hydrogen) atoms. The summed E-state index contributed by atoms with van der Waals surface area (Å²) in [4.78, 5) is 27.0. The van der Waals surface area contributed by atoms with Crippen molar-refractivity contribution >= 4 is 48.0 Å². The number of halogens is 2. The summed E-state index contributed by atoms with van der Waals surface area (Å²) in [5, 5.41) is 5.04. The highest BCUT2D eigenvalue weighted by Crippen LogP contribution is 2.10. The van der Waals surface area contributed by atoms with E-state index >= 15 is 0 Å². The van der Waals surface area contributed by atoms with Gasteiger partial charge in [0.2, 0.25) is 5.91 Å². The fourth-order valence-corrected chi connectivity index (χ4v) is 2.02. The normalized spacial score (nSPS) is 10.8. The Morgan fingerprint density at radius 3 is 2.71 bits per heavy atom. The number of amides is 1. The molecule has 0 aliphatic carbocycles. The lowest BCUT2D eigenvalue weighted by Crippen LogP contribution is -2.25. The monoisotopic (exact) mass is 357 g/mol. The highest BCUT2D eigenvalue weighted by atomic mass is 35.5. The third-order valence-electron chi connectivity index (χ3n) is 2.30. The van der Waals surface area contributed by atoms with Crippen LogP contribution in [-0.4, -0.2) is 29.5 Å². The number of hydrogen-bond donors (Lipinski definition) is 2. The molecule has 6 nitrogen and oxygen atoms in total. The fourth-order valence-electron chi connectivity index (χ4n) is 1.31. The SMILES string of the molecule is CCOC(=O)c1csc(CNC(=O)CCC(C)N)n1.Cl.Cl. The van der Waals surface area contributed by atoms with Gasteiger partial charge in [-0.15, -0.1) is 36.2 Å². The van der Waals surface area contributed by atoms with Crippen LogP contribution in [0.2, 0.25) is 0 Å². The van der Waals surface area contributed by atoms with Gasteiger partial charge < -0.3 is 15.8 Å². The minimum absolute atomic E-state index is 0. The average Bonchev–Trinajstić information content (AvgIpc) is 2.83. The second-order valence-electron chi connectivity index (χ2n) is 4.14. The molecule has 3 N–H and O–H groups in total. The number of nitrogens with two attached hydrogens (primary N) is 1. The molecular formula is C12H21Cl2N3O3S. The van der Waals surface area contributed by atoms with Crippen LogP contribution in [0, 0.1) is 0 Å². The largest absolute Gasteiger partial charge is 0.461 e. The first-order valence-corrected chi connectivity index (χ1v) is 7.04. The summed E-state index contributed by atoms with van der Waals surface area (Å²) < 4.78 is 4.84. The summed E-state index contributed by atoms with van der Waals surface area (Å²) in [6, 6.07) is 0.0148. The molecule has 1 amide bonds. The quantitative estimate of drug-likeness (QED) is 0.726. The number of carbonyl (C=O) groups excluding carboxylic acids is 2. The second-order valence-corrected chi connectivity index (χ2v) is 5.08. The van der Waals surface area contributed by atoms with Crippen molar-refractivity contribution in [2.24, 2.45) is 5.73 Å². The summed E-state index contributed by atoms with van der Waals surface area (Å²) in [7, 11) is 0. The molecule has 122 valence electrons. The highest BCUT2D eigenvalue weighted by Gasteiger charge is 2.12. The molecule has 1 atom stereocenters. The lowest BCUT2D eigenvalue weighted by molar-refractivity contribution is -0.121. The molecule has 0 saturated heterocycles. The van der Waals surface area contributed by atoms with Crippen LogP contribution in [0.3, 0.4) is 0 Å².